The van der Waals surface area contributed by atoms with E-state index in [0.717, 1.165) is 29.6 Å². The molecule has 2 atom stereocenters. The molecule has 2 heterocycles. The van der Waals surface area contributed by atoms with Crippen molar-refractivity contribution < 1.29 is 4.74 Å². The number of nitrogens with zero attached hydrogens (tertiary/aromatic N) is 1. The Morgan fingerprint density at radius 2 is 2.14 bits per heavy atom. The van der Waals surface area contributed by atoms with E-state index in [9.17, 15) is 0 Å². The van der Waals surface area contributed by atoms with Crippen molar-refractivity contribution in [3.63, 3.8) is 0 Å². The van der Waals surface area contributed by atoms with E-state index in [2.05, 4.69) is 66.9 Å². The largest absolute Gasteiger partial charge is 0.369 e. The Labute approximate surface area is 137 Å². The van der Waals surface area contributed by atoms with Crippen LogP contribution >= 0.6 is 15.9 Å². The minimum Gasteiger partial charge on any atom is -0.369 e. The third-order valence-electron chi connectivity index (χ3n) is 4.24. The summed E-state index contributed by atoms with van der Waals surface area (Å²) in [6.07, 6.45) is 4.01. The van der Waals surface area contributed by atoms with Crippen molar-refractivity contribution in [3.05, 3.63) is 28.5 Å². The molecule has 0 aromatic carbocycles. The number of nitrogens with one attached hydrogen (secondary N) is 1. The Bertz CT molecular complexity index is 487. The van der Waals surface area contributed by atoms with Gasteiger partial charge in [0.2, 0.25) is 0 Å². The van der Waals surface area contributed by atoms with Crippen molar-refractivity contribution >= 4 is 15.9 Å². The number of ether oxygens (including phenoxy) is 1. The maximum Gasteiger partial charge on any atom is 0.0718 e. The van der Waals surface area contributed by atoms with E-state index in [1.54, 1.807) is 0 Å². The van der Waals surface area contributed by atoms with Crippen molar-refractivity contribution in [1.29, 1.82) is 0 Å². The molecule has 0 radical (unpaired) electrons. The molecule has 2 rings (SSSR count). The van der Waals surface area contributed by atoms with Crippen LogP contribution in [0.25, 0.3) is 0 Å². The second-order valence-electron chi connectivity index (χ2n) is 7.08. The molecule has 1 aliphatic rings. The molecule has 0 bridgehead atoms. The first-order valence-electron chi connectivity index (χ1n) is 7.81. The molecule has 0 amide bonds. The van der Waals surface area contributed by atoms with Crippen LogP contribution in [0.3, 0.4) is 0 Å². The lowest BCUT2D eigenvalue weighted by atomic mass is 9.80. The van der Waals surface area contributed by atoms with Crippen LogP contribution in [-0.2, 0) is 4.74 Å². The summed E-state index contributed by atoms with van der Waals surface area (Å²) < 4.78 is 7.36. The van der Waals surface area contributed by atoms with Gasteiger partial charge in [0.25, 0.3) is 0 Å². The SMILES string of the molecule is CCCNC(c1ncccc1Br)C1CC(C)(C)OC1(C)C. The molecule has 1 aliphatic heterocycles. The van der Waals surface area contributed by atoms with Gasteiger partial charge in [0.15, 0.2) is 0 Å². The molecule has 1 aromatic heterocycles. The van der Waals surface area contributed by atoms with Gasteiger partial charge >= 0.3 is 0 Å². The van der Waals surface area contributed by atoms with E-state index in [4.69, 9.17) is 4.74 Å². The molecule has 1 fully saturated rings. The maximum absolute atomic E-state index is 6.29. The van der Waals surface area contributed by atoms with E-state index in [1.807, 2.05) is 12.3 Å². The monoisotopic (exact) mass is 354 g/mol. The zero-order valence-electron chi connectivity index (χ0n) is 13.7. The predicted molar refractivity (Wildman–Crippen MR) is 90.3 cm³/mol. The molecule has 21 heavy (non-hydrogen) atoms. The molecule has 1 aromatic rings. The van der Waals surface area contributed by atoms with Crippen LogP contribution in [-0.4, -0.2) is 22.7 Å². The highest BCUT2D eigenvalue weighted by Crippen LogP contribution is 2.48. The maximum atomic E-state index is 6.29. The van der Waals surface area contributed by atoms with E-state index in [1.165, 1.54) is 0 Å². The molecule has 4 heteroatoms. The summed E-state index contributed by atoms with van der Waals surface area (Å²) in [5.41, 5.74) is 0.846. The third-order valence-corrected chi connectivity index (χ3v) is 4.91. The van der Waals surface area contributed by atoms with E-state index in [0.29, 0.717) is 5.92 Å². The lowest BCUT2D eigenvalue weighted by molar-refractivity contribution is -0.0780. The fourth-order valence-corrected chi connectivity index (χ4v) is 3.98. The zero-order chi connectivity index (χ0) is 15.7. The summed E-state index contributed by atoms with van der Waals surface area (Å²) in [4.78, 5) is 4.62. The third kappa shape index (κ3) is 3.85. The van der Waals surface area contributed by atoms with Crippen molar-refractivity contribution in [3.8, 4) is 0 Å². The van der Waals surface area contributed by atoms with Gasteiger partial charge in [-0.1, -0.05) is 6.92 Å². The van der Waals surface area contributed by atoms with Gasteiger partial charge in [-0.05, 0) is 75.1 Å². The first kappa shape index (κ1) is 16.9. The molecule has 3 nitrogen and oxygen atoms in total. The standard InChI is InChI=1S/C17H27BrN2O/c1-6-9-19-14(15-13(18)8-7-10-20-15)12-11-16(2,3)21-17(12,4)5/h7-8,10,12,14,19H,6,9,11H2,1-5H3. The van der Waals surface area contributed by atoms with Crippen molar-refractivity contribution in [1.82, 2.24) is 10.3 Å². The lowest BCUT2D eigenvalue weighted by Gasteiger charge is -2.33. The van der Waals surface area contributed by atoms with Crippen LogP contribution in [0.1, 0.15) is 59.2 Å². The summed E-state index contributed by atoms with van der Waals surface area (Å²) in [7, 11) is 0. The Kier molecular flexibility index (Phi) is 5.11. The molecule has 0 aliphatic carbocycles. The van der Waals surface area contributed by atoms with Crippen LogP contribution < -0.4 is 5.32 Å². The number of rotatable bonds is 5. The minimum atomic E-state index is -0.161. The number of halogens is 1. The Balaban J connectivity index is 2.35. The second kappa shape index (κ2) is 6.35. The highest BCUT2D eigenvalue weighted by atomic mass is 79.9. The second-order valence-corrected chi connectivity index (χ2v) is 7.93. The summed E-state index contributed by atoms with van der Waals surface area (Å²) in [5, 5.41) is 3.69. The molecule has 1 saturated heterocycles. The molecule has 0 saturated carbocycles. The van der Waals surface area contributed by atoms with Gasteiger partial charge in [0, 0.05) is 16.6 Å². The number of aromatic nitrogens is 1. The van der Waals surface area contributed by atoms with Crippen molar-refractivity contribution in [2.45, 2.75) is 64.7 Å². The first-order valence-corrected chi connectivity index (χ1v) is 8.60. The smallest absolute Gasteiger partial charge is 0.0718 e. The van der Waals surface area contributed by atoms with Gasteiger partial charge in [0.05, 0.1) is 22.9 Å². The Morgan fingerprint density at radius 1 is 1.43 bits per heavy atom. The van der Waals surface area contributed by atoms with Gasteiger partial charge in [-0.3, -0.25) is 4.98 Å². The zero-order valence-corrected chi connectivity index (χ0v) is 15.3. The molecular weight excluding hydrogens is 328 g/mol. The number of hydrogen-bond donors (Lipinski definition) is 1. The quantitative estimate of drug-likeness (QED) is 0.846. The number of hydrogen-bond acceptors (Lipinski definition) is 3. The van der Waals surface area contributed by atoms with Crippen LogP contribution in [0.2, 0.25) is 0 Å². The number of pyridine rings is 1. The summed E-state index contributed by atoms with van der Waals surface area (Å²) in [5.74, 6) is 0.394. The highest BCUT2D eigenvalue weighted by molar-refractivity contribution is 9.10. The summed E-state index contributed by atoms with van der Waals surface area (Å²) in [6, 6.07) is 4.24. The van der Waals surface area contributed by atoms with Gasteiger partial charge < -0.3 is 10.1 Å². The average molecular weight is 355 g/mol. The minimum absolute atomic E-state index is 0.0818. The van der Waals surface area contributed by atoms with E-state index >= 15 is 0 Å². The average Bonchev–Trinajstić information content (AvgIpc) is 2.60. The normalized spacial score (nSPS) is 25.0. The fourth-order valence-electron chi connectivity index (χ4n) is 3.48. The fraction of sp³-hybridized carbons (Fsp3) is 0.706. The molecule has 2 unspecified atom stereocenters. The first-order chi connectivity index (χ1) is 9.77. The van der Waals surface area contributed by atoms with Crippen molar-refractivity contribution in [2.75, 3.05) is 6.54 Å². The van der Waals surface area contributed by atoms with Gasteiger partial charge in [-0.15, -0.1) is 0 Å². The molecule has 0 spiro atoms. The molecular formula is C17H27BrN2O. The van der Waals surface area contributed by atoms with Gasteiger partial charge in [0.1, 0.15) is 0 Å². The van der Waals surface area contributed by atoms with Crippen LogP contribution in [0.5, 0.6) is 0 Å². The van der Waals surface area contributed by atoms with E-state index < -0.39 is 0 Å². The molecule has 1 N–H and O–H groups in total. The van der Waals surface area contributed by atoms with Gasteiger partial charge in [-0.2, -0.15) is 0 Å². The van der Waals surface area contributed by atoms with Crippen LogP contribution in [0.4, 0.5) is 0 Å². The summed E-state index contributed by atoms with van der Waals surface area (Å²) >= 11 is 3.66. The van der Waals surface area contributed by atoms with E-state index in [-0.39, 0.29) is 17.2 Å². The Morgan fingerprint density at radius 3 is 2.67 bits per heavy atom. The van der Waals surface area contributed by atoms with Gasteiger partial charge in [-0.25, -0.2) is 0 Å². The molecule has 118 valence electrons. The topological polar surface area (TPSA) is 34.2 Å². The highest BCUT2D eigenvalue weighted by Gasteiger charge is 2.49. The van der Waals surface area contributed by atoms with Crippen molar-refractivity contribution in [2.24, 2.45) is 5.92 Å². The van der Waals surface area contributed by atoms with Crippen LogP contribution in [0, 0.1) is 5.92 Å². The summed E-state index contributed by atoms with van der Waals surface area (Å²) in [6.45, 7) is 11.9. The Hall–Kier alpha value is -0.450. The van der Waals surface area contributed by atoms with Crippen LogP contribution in [0.15, 0.2) is 22.8 Å². The lowest BCUT2D eigenvalue weighted by Crippen LogP contribution is -2.39. The predicted octanol–water partition coefficient (Wildman–Crippen LogP) is 4.48.